The van der Waals surface area contributed by atoms with E-state index < -0.39 is 0 Å². The van der Waals surface area contributed by atoms with Gasteiger partial charge in [-0.15, -0.1) is 0 Å². The molecule has 0 saturated heterocycles. The Hall–Kier alpha value is -0.800. The molecule has 4 heteroatoms. The summed E-state index contributed by atoms with van der Waals surface area (Å²) in [4.78, 5) is 4.17. The Balaban J connectivity index is 2.04. The Morgan fingerprint density at radius 3 is 2.93 bits per heavy atom. The van der Waals surface area contributed by atoms with Gasteiger partial charge in [0.25, 0.3) is 0 Å². The number of nitrogens with two attached hydrogens (primary N) is 1. The molecule has 1 saturated carbocycles. The van der Waals surface area contributed by atoms with Crippen LogP contribution in [0.25, 0.3) is 0 Å². The lowest BCUT2D eigenvalue weighted by Gasteiger charge is -2.09. The molecule has 2 rings (SSSR count). The van der Waals surface area contributed by atoms with E-state index >= 15 is 0 Å². The van der Waals surface area contributed by atoms with Gasteiger partial charge in [-0.3, -0.25) is 0 Å². The van der Waals surface area contributed by atoms with E-state index in [2.05, 4.69) is 4.98 Å². The minimum atomic E-state index is -0.0486. The van der Waals surface area contributed by atoms with Crippen molar-refractivity contribution in [3.8, 4) is 5.88 Å². The highest BCUT2D eigenvalue weighted by atomic mass is 35.5. The van der Waals surface area contributed by atoms with Gasteiger partial charge in [0.15, 0.2) is 0 Å². The number of aromatic nitrogens is 1. The predicted molar refractivity (Wildman–Crippen MR) is 60.1 cm³/mol. The Morgan fingerprint density at radius 1 is 1.67 bits per heavy atom. The lowest BCUT2D eigenvalue weighted by atomic mass is 10.2. The van der Waals surface area contributed by atoms with Gasteiger partial charge in [0, 0.05) is 12.2 Å². The molecule has 15 heavy (non-hydrogen) atoms. The zero-order chi connectivity index (χ0) is 10.8. The lowest BCUT2D eigenvalue weighted by Crippen LogP contribution is -2.07. The minimum Gasteiger partial charge on any atom is -0.476 e. The van der Waals surface area contributed by atoms with Gasteiger partial charge < -0.3 is 10.5 Å². The smallest absolute Gasteiger partial charge is 0.232 e. The van der Waals surface area contributed by atoms with Crippen molar-refractivity contribution >= 4 is 11.6 Å². The molecule has 1 unspecified atom stereocenters. The second-order valence-corrected chi connectivity index (χ2v) is 4.51. The number of halogens is 1. The molecule has 1 aromatic rings. The highest BCUT2D eigenvalue weighted by molar-refractivity contribution is 6.31. The van der Waals surface area contributed by atoms with E-state index in [0.29, 0.717) is 16.8 Å². The Kier molecular flexibility index (Phi) is 3.12. The number of ether oxygens (including phenoxy) is 1. The van der Waals surface area contributed by atoms with Crippen LogP contribution >= 0.6 is 11.6 Å². The number of pyridine rings is 1. The standard InChI is InChI=1S/C11H15ClN2O/c1-7(13)9-4-10(12)11(14-5-9)15-6-8-2-3-8/h4-5,7-8H,2-3,6,13H2,1H3. The van der Waals surface area contributed by atoms with E-state index in [1.165, 1.54) is 12.8 Å². The third kappa shape index (κ3) is 2.83. The van der Waals surface area contributed by atoms with Gasteiger partial charge in [-0.25, -0.2) is 4.98 Å². The molecule has 3 nitrogen and oxygen atoms in total. The van der Waals surface area contributed by atoms with Crippen LogP contribution in [-0.4, -0.2) is 11.6 Å². The summed E-state index contributed by atoms with van der Waals surface area (Å²) < 4.78 is 5.51. The van der Waals surface area contributed by atoms with Crippen LogP contribution in [0.2, 0.25) is 5.02 Å². The monoisotopic (exact) mass is 226 g/mol. The van der Waals surface area contributed by atoms with Crippen LogP contribution in [0.3, 0.4) is 0 Å². The molecule has 0 amide bonds. The van der Waals surface area contributed by atoms with Crippen LogP contribution in [0.1, 0.15) is 31.4 Å². The van der Waals surface area contributed by atoms with Gasteiger partial charge >= 0.3 is 0 Å². The van der Waals surface area contributed by atoms with Crippen molar-refractivity contribution in [1.29, 1.82) is 0 Å². The molecule has 1 heterocycles. The Morgan fingerprint density at radius 2 is 2.40 bits per heavy atom. The van der Waals surface area contributed by atoms with Crippen molar-refractivity contribution in [2.45, 2.75) is 25.8 Å². The van der Waals surface area contributed by atoms with Gasteiger partial charge in [0.05, 0.1) is 6.61 Å². The van der Waals surface area contributed by atoms with Crippen molar-refractivity contribution < 1.29 is 4.74 Å². The van der Waals surface area contributed by atoms with E-state index in [1.54, 1.807) is 6.20 Å². The summed E-state index contributed by atoms with van der Waals surface area (Å²) in [7, 11) is 0. The van der Waals surface area contributed by atoms with Crippen LogP contribution in [0.5, 0.6) is 5.88 Å². The number of nitrogens with zero attached hydrogens (tertiary/aromatic N) is 1. The summed E-state index contributed by atoms with van der Waals surface area (Å²) >= 11 is 6.03. The Labute approximate surface area is 94.6 Å². The van der Waals surface area contributed by atoms with Crippen LogP contribution in [0.4, 0.5) is 0 Å². The fourth-order valence-electron chi connectivity index (χ4n) is 1.28. The van der Waals surface area contributed by atoms with Gasteiger partial charge in [0.2, 0.25) is 5.88 Å². The lowest BCUT2D eigenvalue weighted by molar-refractivity contribution is 0.288. The molecule has 0 bridgehead atoms. The first-order chi connectivity index (χ1) is 7.16. The highest BCUT2D eigenvalue weighted by Gasteiger charge is 2.22. The van der Waals surface area contributed by atoms with Crippen molar-refractivity contribution in [2.24, 2.45) is 11.7 Å². The van der Waals surface area contributed by atoms with Gasteiger partial charge in [-0.05, 0) is 37.3 Å². The molecule has 1 aliphatic rings. The third-order valence-corrected chi connectivity index (χ3v) is 2.78. The number of hydrogen-bond donors (Lipinski definition) is 1. The van der Waals surface area contributed by atoms with E-state index in [-0.39, 0.29) is 6.04 Å². The maximum Gasteiger partial charge on any atom is 0.232 e. The zero-order valence-electron chi connectivity index (χ0n) is 8.74. The summed E-state index contributed by atoms with van der Waals surface area (Å²) in [5.41, 5.74) is 6.65. The molecule has 1 fully saturated rings. The largest absolute Gasteiger partial charge is 0.476 e. The fraction of sp³-hybridized carbons (Fsp3) is 0.545. The Bertz CT molecular complexity index is 350. The number of hydrogen-bond acceptors (Lipinski definition) is 3. The summed E-state index contributed by atoms with van der Waals surface area (Å²) in [6.07, 6.45) is 4.24. The molecule has 82 valence electrons. The average molecular weight is 227 g/mol. The minimum absolute atomic E-state index is 0.0486. The van der Waals surface area contributed by atoms with E-state index in [1.807, 2.05) is 13.0 Å². The molecule has 0 aromatic carbocycles. The van der Waals surface area contributed by atoms with Crippen LogP contribution in [-0.2, 0) is 0 Å². The fourth-order valence-corrected chi connectivity index (χ4v) is 1.51. The summed E-state index contributed by atoms with van der Waals surface area (Å²) in [5.74, 6) is 1.23. The first-order valence-corrected chi connectivity index (χ1v) is 5.58. The second-order valence-electron chi connectivity index (χ2n) is 4.10. The molecular formula is C11H15ClN2O. The van der Waals surface area contributed by atoms with E-state index in [9.17, 15) is 0 Å². The molecule has 1 aliphatic carbocycles. The maximum absolute atomic E-state index is 6.03. The van der Waals surface area contributed by atoms with Crippen molar-refractivity contribution in [3.63, 3.8) is 0 Å². The zero-order valence-corrected chi connectivity index (χ0v) is 9.50. The van der Waals surface area contributed by atoms with E-state index in [0.717, 1.165) is 12.2 Å². The molecule has 0 spiro atoms. The normalized spacial score (nSPS) is 17.5. The van der Waals surface area contributed by atoms with Crippen LogP contribution in [0, 0.1) is 5.92 Å². The van der Waals surface area contributed by atoms with Crippen molar-refractivity contribution in [3.05, 3.63) is 22.8 Å². The molecule has 1 atom stereocenters. The van der Waals surface area contributed by atoms with Crippen LogP contribution in [0.15, 0.2) is 12.3 Å². The summed E-state index contributed by atoms with van der Waals surface area (Å²) in [5, 5.41) is 0.547. The molecule has 2 N–H and O–H groups in total. The average Bonchev–Trinajstić information content (AvgIpc) is 2.99. The second kappa shape index (κ2) is 4.37. The van der Waals surface area contributed by atoms with Crippen molar-refractivity contribution in [1.82, 2.24) is 4.98 Å². The third-order valence-electron chi connectivity index (χ3n) is 2.51. The first-order valence-electron chi connectivity index (χ1n) is 5.20. The molecule has 1 aromatic heterocycles. The topological polar surface area (TPSA) is 48.1 Å². The maximum atomic E-state index is 6.03. The number of rotatable bonds is 4. The molecule has 0 aliphatic heterocycles. The highest BCUT2D eigenvalue weighted by Crippen LogP contribution is 2.31. The predicted octanol–water partition coefficient (Wildman–Crippen LogP) is 2.54. The van der Waals surface area contributed by atoms with Crippen LogP contribution < -0.4 is 10.5 Å². The van der Waals surface area contributed by atoms with E-state index in [4.69, 9.17) is 22.1 Å². The van der Waals surface area contributed by atoms with Gasteiger partial charge in [0.1, 0.15) is 5.02 Å². The quantitative estimate of drug-likeness (QED) is 0.859. The van der Waals surface area contributed by atoms with Crippen molar-refractivity contribution in [2.75, 3.05) is 6.61 Å². The summed E-state index contributed by atoms with van der Waals surface area (Å²) in [6, 6.07) is 1.77. The molecular weight excluding hydrogens is 212 g/mol. The van der Waals surface area contributed by atoms with Gasteiger partial charge in [-0.1, -0.05) is 11.6 Å². The first kappa shape index (κ1) is 10.7. The SMILES string of the molecule is CC(N)c1cnc(OCC2CC2)c(Cl)c1. The van der Waals surface area contributed by atoms with Gasteiger partial charge in [-0.2, -0.15) is 0 Å². The molecule has 0 radical (unpaired) electrons. The summed E-state index contributed by atoms with van der Waals surface area (Å²) in [6.45, 7) is 2.63.